The second kappa shape index (κ2) is 7.97. The number of hydrogen-bond acceptors (Lipinski definition) is 5. The summed E-state index contributed by atoms with van der Waals surface area (Å²) in [5.74, 6) is -0.575. The minimum absolute atomic E-state index is 0.0325. The first-order chi connectivity index (χ1) is 13.9. The molecule has 0 spiro atoms. The Hall–Kier alpha value is -2.70. The van der Waals surface area contributed by atoms with Crippen LogP contribution in [0.25, 0.3) is 5.57 Å². The molecule has 0 N–H and O–H groups in total. The minimum atomic E-state index is -0.295. The Morgan fingerprint density at radius 2 is 1.62 bits per heavy atom. The van der Waals surface area contributed by atoms with Crippen LogP contribution in [0.5, 0.6) is 0 Å². The van der Waals surface area contributed by atoms with E-state index in [-0.39, 0.29) is 30.6 Å². The van der Waals surface area contributed by atoms with Gasteiger partial charge in [-0.2, -0.15) is 0 Å². The molecule has 1 fully saturated rings. The Kier molecular flexibility index (Phi) is 5.39. The van der Waals surface area contributed by atoms with Gasteiger partial charge in [0.15, 0.2) is 0 Å². The summed E-state index contributed by atoms with van der Waals surface area (Å²) in [5.41, 5.74) is 2.39. The van der Waals surface area contributed by atoms with Gasteiger partial charge in [-0.1, -0.05) is 23.7 Å². The number of benzene rings is 1. The molecule has 6 nitrogen and oxygen atoms in total. The summed E-state index contributed by atoms with van der Waals surface area (Å²) in [6.45, 7) is 5.26. The average molecular weight is 412 g/mol. The van der Waals surface area contributed by atoms with Crippen LogP contribution in [0.2, 0.25) is 5.02 Å². The van der Waals surface area contributed by atoms with Gasteiger partial charge in [0.1, 0.15) is 5.70 Å². The lowest BCUT2D eigenvalue weighted by molar-refractivity contribution is -0.139. The maximum Gasteiger partial charge on any atom is 0.278 e. The summed E-state index contributed by atoms with van der Waals surface area (Å²) >= 11 is 6.03. The molecule has 2 aliphatic rings. The van der Waals surface area contributed by atoms with E-state index < -0.39 is 0 Å². The summed E-state index contributed by atoms with van der Waals surface area (Å²) in [7, 11) is 0. The Labute approximate surface area is 174 Å². The third kappa shape index (κ3) is 3.91. The fourth-order valence-electron chi connectivity index (χ4n) is 3.91. The maximum absolute atomic E-state index is 13.4. The Morgan fingerprint density at radius 3 is 2.24 bits per heavy atom. The van der Waals surface area contributed by atoms with E-state index >= 15 is 0 Å². The normalized spacial score (nSPS) is 22.6. The zero-order valence-corrected chi connectivity index (χ0v) is 17.1. The van der Waals surface area contributed by atoms with Crippen LogP contribution < -0.4 is 0 Å². The van der Waals surface area contributed by atoms with Crippen molar-refractivity contribution in [2.75, 3.05) is 13.1 Å². The van der Waals surface area contributed by atoms with Gasteiger partial charge in [-0.3, -0.25) is 19.5 Å². The van der Waals surface area contributed by atoms with Gasteiger partial charge >= 0.3 is 0 Å². The first kappa shape index (κ1) is 19.6. The highest BCUT2D eigenvalue weighted by atomic mass is 35.5. The van der Waals surface area contributed by atoms with E-state index in [4.69, 9.17) is 16.3 Å². The van der Waals surface area contributed by atoms with Crippen LogP contribution in [0.4, 0.5) is 0 Å². The number of rotatable bonds is 4. The number of halogens is 1. The number of aromatic nitrogens is 1. The Balaban J connectivity index is 1.75. The van der Waals surface area contributed by atoms with Crippen LogP contribution in [0, 0.1) is 0 Å². The first-order valence-corrected chi connectivity index (χ1v) is 9.97. The van der Waals surface area contributed by atoms with E-state index in [0.29, 0.717) is 34.9 Å². The third-order valence-corrected chi connectivity index (χ3v) is 5.35. The van der Waals surface area contributed by atoms with E-state index in [1.165, 1.54) is 4.90 Å². The number of carbonyl (C=O) groups is 2. The van der Waals surface area contributed by atoms with Gasteiger partial charge in [-0.15, -0.1) is 0 Å². The summed E-state index contributed by atoms with van der Waals surface area (Å²) in [5, 5.41) is 0.579. The molecule has 0 aliphatic carbocycles. The quantitative estimate of drug-likeness (QED) is 0.723. The molecule has 7 heteroatoms. The summed E-state index contributed by atoms with van der Waals surface area (Å²) in [6.07, 6.45) is 3.24. The minimum Gasteiger partial charge on any atom is -0.372 e. The largest absolute Gasteiger partial charge is 0.372 e. The molecule has 2 aliphatic heterocycles. The van der Waals surface area contributed by atoms with Crippen molar-refractivity contribution in [3.05, 3.63) is 70.6 Å². The zero-order chi connectivity index (χ0) is 20.5. The lowest BCUT2D eigenvalue weighted by Gasteiger charge is -2.37. The number of pyridine rings is 1. The molecule has 3 heterocycles. The number of hydrogen-bond donors (Lipinski definition) is 0. The van der Waals surface area contributed by atoms with Crippen LogP contribution in [-0.2, 0) is 20.9 Å². The van der Waals surface area contributed by atoms with E-state index in [2.05, 4.69) is 4.98 Å². The highest BCUT2D eigenvalue weighted by Gasteiger charge is 2.43. The van der Waals surface area contributed by atoms with Gasteiger partial charge in [0.05, 0.1) is 24.3 Å². The second-order valence-corrected chi connectivity index (χ2v) is 7.88. The highest BCUT2D eigenvalue weighted by molar-refractivity contribution is 6.35. The Morgan fingerprint density at radius 1 is 1.00 bits per heavy atom. The number of imide groups is 1. The molecule has 0 bridgehead atoms. The van der Waals surface area contributed by atoms with Crippen molar-refractivity contribution < 1.29 is 14.3 Å². The number of carbonyl (C=O) groups excluding carboxylic acids is 2. The van der Waals surface area contributed by atoms with Crippen molar-refractivity contribution in [1.29, 1.82) is 0 Å². The van der Waals surface area contributed by atoms with Crippen LogP contribution in [0.15, 0.2) is 54.5 Å². The zero-order valence-electron chi connectivity index (χ0n) is 16.3. The van der Waals surface area contributed by atoms with Crippen LogP contribution in [-0.4, -0.2) is 51.9 Å². The molecule has 2 unspecified atom stereocenters. The average Bonchev–Trinajstić information content (AvgIpc) is 2.93. The second-order valence-electron chi connectivity index (χ2n) is 7.44. The van der Waals surface area contributed by atoms with Crippen molar-refractivity contribution in [2.45, 2.75) is 32.6 Å². The van der Waals surface area contributed by atoms with Crippen molar-refractivity contribution in [1.82, 2.24) is 14.8 Å². The maximum atomic E-state index is 13.4. The van der Waals surface area contributed by atoms with Crippen LogP contribution in [0.1, 0.15) is 25.0 Å². The predicted molar refractivity (Wildman–Crippen MR) is 110 cm³/mol. The number of amides is 2. The highest BCUT2D eigenvalue weighted by Crippen LogP contribution is 2.34. The van der Waals surface area contributed by atoms with Crippen LogP contribution >= 0.6 is 11.6 Å². The molecule has 1 aromatic heterocycles. The van der Waals surface area contributed by atoms with Gasteiger partial charge in [0, 0.05) is 30.5 Å². The lowest BCUT2D eigenvalue weighted by Crippen LogP contribution is -2.46. The monoisotopic (exact) mass is 411 g/mol. The molecule has 2 atom stereocenters. The molecule has 0 radical (unpaired) electrons. The topological polar surface area (TPSA) is 62.7 Å². The van der Waals surface area contributed by atoms with E-state index in [9.17, 15) is 9.59 Å². The van der Waals surface area contributed by atoms with E-state index in [0.717, 1.165) is 5.56 Å². The molecule has 2 amide bonds. The molecule has 4 rings (SSSR count). The third-order valence-electron chi connectivity index (χ3n) is 5.10. The van der Waals surface area contributed by atoms with Gasteiger partial charge in [0.25, 0.3) is 11.8 Å². The van der Waals surface area contributed by atoms with Gasteiger partial charge in [-0.25, -0.2) is 0 Å². The summed E-state index contributed by atoms with van der Waals surface area (Å²) in [4.78, 5) is 34.1. The van der Waals surface area contributed by atoms with Crippen molar-refractivity contribution in [3.8, 4) is 0 Å². The van der Waals surface area contributed by atoms with Gasteiger partial charge in [-0.05, 0) is 49.2 Å². The number of morpholine rings is 1. The fourth-order valence-corrected chi connectivity index (χ4v) is 4.03. The molecule has 29 heavy (non-hydrogen) atoms. The fraction of sp³-hybridized carbons (Fsp3) is 0.318. The number of nitrogens with zero attached hydrogens (tertiary/aromatic N) is 3. The molecule has 150 valence electrons. The molecule has 1 aromatic carbocycles. The molecular weight excluding hydrogens is 390 g/mol. The van der Waals surface area contributed by atoms with Gasteiger partial charge < -0.3 is 9.64 Å². The molecule has 0 saturated carbocycles. The lowest BCUT2D eigenvalue weighted by atomic mass is 10.0. The summed E-state index contributed by atoms with van der Waals surface area (Å²) in [6, 6.07) is 10.6. The van der Waals surface area contributed by atoms with Crippen molar-refractivity contribution in [2.24, 2.45) is 0 Å². The number of ether oxygens (including phenoxy) is 1. The van der Waals surface area contributed by atoms with Crippen molar-refractivity contribution >= 4 is 29.0 Å². The molecular formula is C22H22ClN3O3. The van der Waals surface area contributed by atoms with Gasteiger partial charge in [0.2, 0.25) is 0 Å². The standard InChI is InChI=1S/C22H22ClN3O3/c1-14-11-25(12-15(2)29-14)20-19(17-3-5-18(23)6-4-17)21(27)26(22(20)28)13-16-7-9-24-10-8-16/h3-10,14-15H,11-13H2,1-2H3. The van der Waals surface area contributed by atoms with Crippen molar-refractivity contribution in [3.63, 3.8) is 0 Å². The smallest absolute Gasteiger partial charge is 0.278 e. The molecule has 2 aromatic rings. The Bertz CT molecular complexity index is 949. The van der Waals surface area contributed by atoms with Crippen LogP contribution in [0.3, 0.4) is 0 Å². The summed E-state index contributed by atoms with van der Waals surface area (Å²) < 4.78 is 5.82. The first-order valence-electron chi connectivity index (χ1n) is 9.59. The predicted octanol–water partition coefficient (Wildman–Crippen LogP) is 3.12. The molecule has 1 saturated heterocycles. The van der Waals surface area contributed by atoms with E-state index in [1.807, 2.05) is 18.7 Å². The SMILES string of the molecule is CC1CN(C2=C(c3ccc(Cl)cc3)C(=O)N(Cc3ccncc3)C2=O)CC(C)O1. The van der Waals surface area contributed by atoms with E-state index in [1.54, 1.807) is 48.8 Å².